The summed E-state index contributed by atoms with van der Waals surface area (Å²) in [5.74, 6) is -0.0992. The third kappa shape index (κ3) is 17.3. The molecule has 5 aromatic rings. The first-order chi connectivity index (χ1) is 37.0. The third-order valence-corrected chi connectivity index (χ3v) is 17.3. The van der Waals surface area contributed by atoms with Crippen molar-refractivity contribution in [3.8, 4) is 17.2 Å². The molecule has 26 heteroatoms. The normalized spacial score (nSPS) is 13.8. The number of nitrogens with two attached hydrogens (primary N) is 1. The van der Waals surface area contributed by atoms with Crippen molar-refractivity contribution < 1.29 is 57.9 Å². The lowest BCUT2D eigenvalue weighted by atomic mass is 9.99. The van der Waals surface area contributed by atoms with Crippen LogP contribution >= 0.6 is 0 Å². The Balaban J connectivity index is 1.32. The number of methoxy groups -OCH3 is 1. The molecule has 78 heavy (non-hydrogen) atoms. The summed E-state index contributed by atoms with van der Waals surface area (Å²) in [5, 5.41) is 38.3. The number of primary sulfonamides is 1. The molecular weight excluding hydrogens is 1090 g/mol. The monoisotopic (exact) mass is 1160 g/mol. The van der Waals surface area contributed by atoms with E-state index in [4.69, 9.17) is 19.6 Å². The fourth-order valence-electron chi connectivity index (χ4n) is 8.64. The van der Waals surface area contributed by atoms with Gasteiger partial charge in [0, 0.05) is 49.9 Å². The second kappa shape index (κ2) is 27.8. The number of hydrogen-bond acceptors (Lipinski definition) is 17. The molecule has 1 atom stereocenters. The lowest BCUT2D eigenvalue weighted by Gasteiger charge is -2.20. The summed E-state index contributed by atoms with van der Waals surface area (Å²) in [4.78, 5) is 8.44. The van der Waals surface area contributed by atoms with E-state index in [-0.39, 0.29) is 72.6 Å². The van der Waals surface area contributed by atoms with E-state index in [1.807, 2.05) is 0 Å². The van der Waals surface area contributed by atoms with Crippen LogP contribution in [0.15, 0.2) is 97.6 Å². The number of nitrogens with one attached hydrogen (secondary N) is 3. The minimum Gasteiger partial charge on any atom is -0.497 e. The molecule has 0 amide bonds. The van der Waals surface area contributed by atoms with Gasteiger partial charge in [0.1, 0.15) is 32.8 Å². The van der Waals surface area contributed by atoms with Crippen LogP contribution in [0.5, 0.6) is 17.2 Å². The average Bonchev–Trinajstić information content (AvgIpc) is 3.97. The zero-order valence-electron chi connectivity index (χ0n) is 44.3. The zero-order chi connectivity index (χ0) is 56.7. The lowest BCUT2D eigenvalue weighted by Crippen LogP contribution is -2.27. The van der Waals surface area contributed by atoms with Crippen molar-refractivity contribution in [1.29, 1.82) is 0 Å². The Morgan fingerprint density at radius 1 is 0.731 bits per heavy atom. The van der Waals surface area contributed by atoms with Crippen LogP contribution in [-0.2, 0) is 53.0 Å². The highest BCUT2D eigenvalue weighted by atomic mass is 32.2. The summed E-state index contributed by atoms with van der Waals surface area (Å²) in [6.45, 7) is 5.47. The summed E-state index contributed by atoms with van der Waals surface area (Å²) in [6.07, 6.45) is 9.90. The summed E-state index contributed by atoms with van der Waals surface area (Å²) in [6, 6.07) is 17.2. The molecule has 1 aliphatic heterocycles. The van der Waals surface area contributed by atoms with E-state index < -0.39 is 67.5 Å². The van der Waals surface area contributed by atoms with Gasteiger partial charge in [-0.15, -0.1) is 9.89 Å². The average molecular weight is 1160 g/mol. The number of aliphatic hydroxyl groups is 2. The fourth-order valence-corrected chi connectivity index (χ4v) is 12.3. The molecule has 0 saturated heterocycles. The number of unbranched alkanes of at least 4 members (excludes halogenated alkanes) is 9. The molecule has 0 aliphatic carbocycles. The number of aliphatic hydroxyl groups excluding tert-OH is 2. The van der Waals surface area contributed by atoms with Crippen LogP contribution in [0.1, 0.15) is 132 Å². The summed E-state index contributed by atoms with van der Waals surface area (Å²) < 4.78 is 134. The number of nitrogens with zero attached hydrogens (tertiary/aromatic N) is 5. The van der Waals surface area contributed by atoms with Crippen molar-refractivity contribution in [3.05, 3.63) is 101 Å². The molecule has 22 nitrogen and oxygen atoms in total. The van der Waals surface area contributed by atoms with E-state index in [1.54, 1.807) is 37.3 Å². The predicted octanol–water partition coefficient (Wildman–Crippen LogP) is 7.67. The molecule has 4 aromatic carbocycles. The standard InChI is InChI=1S/C52H71N9O13S4/c1-5-7-9-11-13-14-16-37-18-24-41(45(63)17-15-12-10-8-6-2)47(33-37)77(68,69)60-44-34-49(46(35-48(44)78(70,71)72)74-40-22-20-39(73-4)21-23-40)76(66,67)55-28-26-50-57-52-51(43(27-30-62)58-61(52)59-50)56-38-19-25-42(36(3)32-38)54-29-31-75(53,64)65/h18-25,32-35,45,54-55,60,62-63H,5-17,26-31H2,1-4H3,(H2,53,64,65)(H,70,71,72)/b56-51+. The molecule has 1 unspecified atom stereocenters. The number of rotatable bonds is 33. The predicted molar refractivity (Wildman–Crippen MR) is 299 cm³/mol. The van der Waals surface area contributed by atoms with Crippen molar-refractivity contribution in [1.82, 2.24) is 19.6 Å². The van der Waals surface area contributed by atoms with Crippen LogP contribution in [0, 0.1) is 6.92 Å². The maximum absolute atomic E-state index is 14.7. The Morgan fingerprint density at radius 3 is 2.06 bits per heavy atom. The molecule has 8 N–H and O–H groups in total. The van der Waals surface area contributed by atoms with Crippen molar-refractivity contribution in [2.45, 2.75) is 138 Å². The minimum atomic E-state index is -5.32. The molecule has 6 rings (SSSR count). The maximum Gasteiger partial charge on any atom is 0.296 e. The molecule has 0 radical (unpaired) electrons. The van der Waals surface area contributed by atoms with Crippen LogP contribution in [-0.4, -0.2) is 107 Å². The van der Waals surface area contributed by atoms with Gasteiger partial charge in [-0.25, -0.2) is 45.1 Å². The second-order valence-electron chi connectivity index (χ2n) is 18.9. The Kier molecular flexibility index (Phi) is 21.9. The largest absolute Gasteiger partial charge is 0.497 e. The fraction of sp³-hybridized carbons (Fsp3) is 0.462. The minimum absolute atomic E-state index is 0.0237. The highest BCUT2D eigenvalue weighted by Gasteiger charge is 2.32. The van der Waals surface area contributed by atoms with Gasteiger partial charge in [0.2, 0.25) is 25.9 Å². The van der Waals surface area contributed by atoms with Gasteiger partial charge in [-0.3, -0.25) is 9.27 Å². The van der Waals surface area contributed by atoms with Crippen molar-refractivity contribution >= 4 is 68.7 Å². The van der Waals surface area contributed by atoms with Crippen molar-refractivity contribution in [2.24, 2.45) is 15.2 Å². The van der Waals surface area contributed by atoms with Gasteiger partial charge in [0.15, 0.2) is 5.82 Å². The zero-order valence-corrected chi connectivity index (χ0v) is 47.6. The molecule has 0 saturated carbocycles. The first kappa shape index (κ1) is 61.4. The van der Waals surface area contributed by atoms with Gasteiger partial charge >= 0.3 is 0 Å². The van der Waals surface area contributed by atoms with E-state index in [2.05, 4.69) is 43.8 Å². The SMILES string of the molecule is CCCCCCCCc1ccc(C(O)CCCCCCC)c(S(=O)(=O)Nc2cc(S(=O)(=O)NCCc3nc4n(n3)N=C(CCO)/C4=N\c3ccc(NCCS(N)(=O)=O)c(C)c3)c(Oc3ccc(OC)cc3)cc2S(=O)(=O)O)c1. The number of ether oxygens (including phenoxy) is 2. The van der Waals surface area contributed by atoms with E-state index >= 15 is 0 Å². The first-order valence-electron chi connectivity index (χ1n) is 26.0. The van der Waals surface area contributed by atoms with Crippen LogP contribution in [0.2, 0.25) is 0 Å². The third-order valence-electron chi connectivity index (χ3n) is 12.7. The molecule has 426 valence electrons. The van der Waals surface area contributed by atoms with Crippen LogP contribution < -0.4 is 29.4 Å². The Labute approximate surface area is 457 Å². The number of benzene rings is 4. The van der Waals surface area contributed by atoms with Crippen LogP contribution in [0.3, 0.4) is 0 Å². The summed E-state index contributed by atoms with van der Waals surface area (Å²) >= 11 is 0. The van der Waals surface area contributed by atoms with E-state index in [0.717, 1.165) is 75.8 Å². The van der Waals surface area contributed by atoms with Gasteiger partial charge in [0.25, 0.3) is 20.1 Å². The maximum atomic E-state index is 14.7. The van der Waals surface area contributed by atoms with Crippen molar-refractivity contribution in [2.75, 3.05) is 42.6 Å². The van der Waals surface area contributed by atoms with Gasteiger partial charge in [-0.05, 0) is 91.9 Å². The number of aliphatic imine (C=N–C) groups is 1. The van der Waals surface area contributed by atoms with Crippen molar-refractivity contribution in [3.63, 3.8) is 0 Å². The number of hydrogen-bond donors (Lipinski definition) is 7. The molecule has 2 heterocycles. The van der Waals surface area contributed by atoms with E-state index in [0.29, 0.717) is 53.0 Å². The number of sulfonamides is 3. The van der Waals surface area contributed by atoms with Gasteiger partial charge in [-0.2, -0.15) is 13.5 Å². The Bertz CT molecular complexity index is 3390. The first-order valence-corrected chi connectivity index (χ1v) is 32.1. The molecule has 1 aliphatic rings. The topological polar surface area (TPSA) is 333 Å². The summed E-state index contributed by atoms with van der Waals surface area (Å²) in [5.41, 5.74) is 2.46. The number of anilines is 2. The molecule has 0 spiro atoms. The van der Waals surface area contributed by atoms with E-state index in [9.17, 15) is 48.4 Å². The molecule has 0 fully saturated rings. The van der Waals surface area contributed by atoms with Gasteiger partial charge < -0.3 is 25.0 Å². The highest BCUT2D eigenvalue weighted by Crippen LogP contribution is 2.39. The Hall–Kier alpha value is -5.84. The molecule has 0 bridgehead atoms. The Morgan fingerprint density at radius 2 is 1.41 bits per heavy atom. The number of aryl methyl sites for hydroxylation is 2. The number of fused-ring (bicyclic) bond motifs is 1. The highest BCUT2D eigenvalue weighted by molar-refractivity contribution is 7.93. The van der Waals surface area contributed by atoms with Gasteiger partial charge in [0.05, 0.1) is 40.9 Å². The second-order valence-corrected chi connectivity index (χ2v) is 25.4. The van der Waals surface area contributed by atoms with E-state index in [1.165, 1.54) is 42.2 Å². The quantitative estimate of drug-likeness (QED) is 0.0156. The van der Waals surface area contributed by atoms with Crippen LogP contribution in [0.4, 0.5) is 17.1 Å². The molecule has 1 aromatic heterocycles. The molecular formula is C52H71N9O13S4. The summed E-state index contributed by atoms with van der Waals surface area (Å²) in [7, 11) is -17.2. The lowest BCUT2D eigenvalue weighted by molar-refractivity contribution is 0.160. The van der Waals surface area contributed by atoms with Crippen LogP contribution in [0.25, 0.3) is 0 Å². The smallest absolute Gasteiger partial charge is 0.296 e. The number of aromatic nitrogens is 3. The van der Waals surface area contributed by atoms with Gasteiger partial charge in [-0.1, -0.05) is 90.2 Å².